The number of nitrogens with one attached hydrogen (secondary N) is 2. The van der Waals surface area contributed by atoms with E-state index in [-0.39, 0.29) is 11.8 Å². The van der Waals surface area contributed by atoms with Crippen LogP contribution in [0.25, 0.3) is 0 Å². The number of amides is 2. The Morgan fingerprint density at radius 1 is 1.28 bits per heavy atom. The van der Waals surface area contributed by atoms with Crippen molar-refractivity contribution in [3.8, 4) is 11.6 Å². The summed E-state index contributed by atoms with van der Waals surface area (Å²) < 4.78 is 5.73. The van der Waals surface area contributed by atoms with Crippen molar-refractivity contribution in [1.82, 2.24) is 4.98 Å². The van der Waals surface area contributed by atoms with Crippen LogP contribution in [0.5, 0.6) is 11.6 Å². The van der Waals surface area contributed by atoms with Gasteiger partial charge in [0, 0.05) is 30.7 Å². The van der Waals surface area contributed by atoms with E-state index in [2.05, 4.69) is 15.6 Å². The number of aryl methyl sites for hydroxylation is 1. The fourth-order valence-corrected chi connectivity index (χ4v) is 2.63. The standard InChI is InChI=1S/C19H21N3O3/c1-12(2)9-18(24)21-14-5-8-19(20-11-14)25-15-6-3-13-4-7-17(23)22-16(13)10-15/h3,5-6,8,10-12H,4,7,9H2,1-2H3,(H,21,24)(H,22,23). The zero-order valence-electron chi connectivity index (χ0n) is 14.3. The third-order valence-corrected chi connectivity index (χ3v) is 3.81. The van der Waals surface area contributed by atoms with E-state index in [0.29, 0.717) is 36.1 Å². The molecule has 2 amide bonds. The number of carbonyl (C=O) groups excluding carboxylic acids is 2. The van der Waals surface area contributed by atoms with Crippen LogP contribution in [0.1, 0.15) is 32.3 Å². The second-order valence-corrected chi connectivity index (χ2v) is 6.50. The number of anilines is 2. The van der Waals surface area contributed by atoms with Crippen molar-refractivity contribution in [2.24, 2.45) is 5.92 Å². The minimum Gasteiger partial charge on any atom is -0.439 e. The first-order valence-electron chi connectivity index (χ1n) is 8.36. The van der Waals surface area contributed by atoms with Gasteiger partial charge in [0.25, 0.3) is 0 Å². The molecule has 0 fully saturated rings. The lowest BCUT2D eigenvalue weighted by molar-refractivity contribution is -0.117. The maximum atomic E-state index is 11.8. The molecular weight excluding hydrogens is 318 g/mol. The molecule has 0 saturated heterocycles. The topological polar surface area (TPSA) is 80.3 Å². The van der Waals surface area contributed by atoms with Gasteiger partial charge in [-0.1, -0.05) is 19.9 Å². The van der Waals surface area contributed by atoms with Gasteiger partial charge in [-0.15, -0.1) is 0 Å². The Balaban J connectivity index is 1.64. The average Bonchev–Trinajstić information content (AvgIpc) is 2.55. The van der Waals surface area contributed by atoms with Crippen LogP contribution in [0, 0.1) is 5.92 Å². The van der Waals surface area contributed by atoms with Gasteiger partial charge in [0.05, 0.1) is 11.9 Å². The Labute approximate surface area is 146 Å². The largest absolute Gasteiger partial charge is 0.439 e. The highest BCUT2D eigenvalue weighted by molar-refractivity contribution is 5.94. The molecule has 0 saturated carbocycles. The third-order valence-electron chi connectivity index (χ3n) is 3.81. The Morgan fingerprint density at radius 2 is 2.12 bits per heavy atom. The number of nitrogens with zero attached hydrogens (tertiary/aromatic N) is 1. The molecule has 1 aromatic heterocycles. The maximum Gasteiger partial charge on any atom is 0.224 e. The summed E-state index contributed by atoms with van der Waals surface area (Å²) in [6.45, 7) is 3.99. The molecule has 1 aliphatic heterocycles. The highest BCUT2D eigenvalue weighted by Crippen LogP contribution is 2.29. The second-order valence-electron chi connectivity index (χ2n) is 6.50. The smallest absolute Gasteiger partial charge is 0.224 e. The molecule has 2 heterocycles. The van der Waals surface area contributed by atoms with Crippen LogP contribution in [-0.2, 0) is 16.0 Å². The fraction of sp³-hybridized carbons (Fsp3) is 0.316. The fourth-order valence-electron chi connectivity index (χ4n) is 2.63. The molecule has 6 nitrogen and oxygen atoms in total. The van der Waals surface area contributed by atoms with E-state index >= 15 is 0 Å². The van der Waals surface area contributed by atoms with Gasteiger partial charge in [-0.25, -0.2) is 4.98 Å². The van der Waals surface area contributed by atoms with E-state index in [4.69, 9.17) is 4.74 Å². The van der Waals surface area contributed by atoms with E-state index in [1.807, 2.05) is 26.0 Å². The first-order chi connectivity index (χ1) is 12.0. The summed E-state index contributed by atoms with van der Waals surface area (Å²) in [7, 11) is 0. The summed E-state index contributed by atoms with van der Waals surface area (Å²) in [5.74, 6) is 1.31. The molecule has 130 valence electrons. The molecule has 0 atom stereocenters. The van der Waals surface area contributed by atoms with Gasteiger partial charge in [-0.05, 0) is 30.0 Å². The first-order valence-corrected chi connectivity index (χ1v) is 8.36. The van der Waals surface area contributed by atoms with Crippen LogP contribution in [0.2, 0.25) is 0 Å². The summed E-state index contributed by atoms with van der Waals surface area (Å²) in [5.41, 5.74) is 2.52. The van der Waals surface area contributed by atoms with Gasteiger partial charge in [0.1, 0.15) is 5.75 Å². The lowest BCUT2D eigenvalue weighted by Crippen LogP contribution is -2.18. The van der Waals surface area contributed by atoms with E-state index in [9.17, 15) is 9.59 Å². The van der Waals surface area contributed by atoms with Crippen molar-refractivity contribution >= 4 is 23.2 Å². The Hall–Kier alpha value is -2.89. The van der Waals surface area contributed by atoms with Crippen LogP contribution in [0.3, 0.4) is 0 Å². The number of ether oxygens (including phenoxy) is 1. The number of benzene rings is 1. The minimum absolute atomic E-state index is 0.0178. The van der Waals surface area contributed by atoms with Gasteiger partial charge in [0.15, 0.2) is 0 Å². The molecule has 6 heteroatoms. The molecule has 2 aromatic rings. The number of aromatic nitrogens is 1. The molecule has 0 spiro atoms. The van der Waals surface area contributed by atoms with Crippen LogP contribution < -0.4 is 15.4 Å². The van der Waals surface area contributed by atoms with Crippen LogP contribution >= 0.6 is 0 Å². The minimum atomic E-state index is -0.0316. The summed E-state index contributed by atoms with van der Waals surface area (Å²) >= 11 is 0. The zero-order valence-corrected chi connectivity index (χ0v) is 14.3. The predicted molar refractivity (Wildman–Crippen MR) is 95.8 cm³/mol. The number of hydrogen-bond acceptors (Lipinski definition) is 4. The van der Waals surface area contributed by atoms with Crippen molar-refractivity contribution in [2.75, 3.05) is 10.6 Å². The number of fused-ring (bicyclic) bond motifs is 1. The zero-order chi connectivity index (χ0) is 17.8. The molecule has 1 aliphatic rings. The van der Waals surface area contributed by atoms with E-state index < -0.39 is 0 Å². The van der Waals surface area contributed by atoms with Crippen molar-refractivity contribution < 1.29 is 14.3 Å². The third kappa shape index (κ3) is 4.56. The number of pyridine rings is 1. The lowest BCUT2D eigenvalue weighted by Gasteiger charge is -2.17. The maximum absolute atomic E-state index is 11.8. The molecular formula is C19H21N3O3. The van der Waals surface area contributed by atoms with E-state index in [1.165, 1.54) is 0 Å². The monoisotopic (exact) mass is 339 g/mol. The summed E-state index contributed by atoms with van der Waals surface area (Å²) in [5, 5.41) is 5.65. The lowest BCUT2D eigenvalue weighted by atomic mass is 10.0. The van der Waals surface area contributed by atoms with Crippen molar-refractivity contribution in [3.05, 3.63) is 42.1 Å². The molecule has 0 bridgehead atoms. The van der Waals surface area contributed by atoms with Crippen LogP contribution in [0.4, 0.5) is 11.4 Å². The van der Waals surface area contributed by atoms with E-state index in [0.717, 1.165) is 17.7 Å². The van der Waals surface area contributed by atoms with Crippen molar-refractivity contribution in [2.45, 2.75) is 33.1 Å². The number of carbonyl (C=O) groups is 2. The highest BCUT2D eigenvalue weighted by atomic mass is 16.5. The second kappa shape index (κ2) is 7.34. The Bertz CT molecular complexity index is 785. The number of hydrogen-bond donors (Lipinski definition) is 2. The normalized spacial score (nSPS) is 13.2. The van der Waals surface area contributed by atoms with Gasteiger partial charge in [0.2, 0.25) is 17.7 Å². The SMILES string of the molecule is CC(C)CC(=O)Nc1ccc(Oc2ccc3c(c2)NC(=O)CC3)nc1. The van der Waals surface area contributed by atoms with Gasteiger partial charge in [-0.2, -0.15) is 0 Å². The summed E-state index contributed by atoms with van der Waals surface area (Å²) in [6.07, 6.45) is 3.29. The molecule has 1 aromatic carbocycles. The molecule has 0 aliphatic carbocycles. The first kappa shape index (κ1) is 17.0. The molecule has 0 radical (unpaired) electrons. The Morgan fingerprint density at radius 3 is 2.84 bits per heavy atom. The quantitative estimate of drug-likeness (QED) is 0.869. The molecule has 0 unspecified atom stereocenters. The molecule has 2 N–H and O–H groups in total. The summed E-state index contributed by atoms with van der Waals surface area (Å²) in [6, 6.07) is 9.05. The van der Waals surface area contributed by atoms with Gasteiger partial charge in [-0.3, -0.25) is 9.59 Å². The Kier molecular flexibility index (Phi) is 4.97. The van der Waals surface area contributed by atoms with Gasteiger partial charge < -0.3 is 15.4 Å². The predicted octanol–water partition coefficient (Wildman–Crippen LogP) is 3.74. The number of rotatable bonds is 5. The van der Waals surface area contributed by atoms with Crippen LogP contribution in [0.15, 0.2) is 36.5 Å². The van der Waals surface area contributed by atoms with E-state index in [1.54, 1.807) is 24.4 Å². The molecule has 25 heavy (non-hydrogen) atoms. The van der Waals surface area contributed by atoms with Crippen LogP contribution in [-0.4, -0.2) is 16.8 Å². The highest BCUT2D eigenvalue weighted by Gasteiger charge is 2.15. The summed E-state index contributed by atoms with van der Waals surface area (Å²) in [4.78, 5) is 27.5. The van der Waals surface area contributed by atoms with Crippen molar-refractivity contribution in [3.63, 3.8) is 0 Å². The van der Waals surface area contributed by atoms with Gasteiger partial charge >= 0.3 is 0 Å². The van der Waals surface area contributed by atoms with Crippen molar-refractivity contribution in [1.29, 1.82) is 0 Å². The average molecular weight is 339 g/mol. The molecule has 3 rings (SSSR count).